The van der Waals surface area contributed by atoms with Gasteiger partial charge in [-0.2, -0.15) is 5.26 Å². The molecule has 0 spiro atoms. The van der Waals surface area contributed by atoms with Gasteiger partial charge < -0.3 is 9.84 Å². The second-order valence-electron chi connectivity index (χ2n) is 5.86. The second-order valence-corrected chi connectivity index (χ2v) is 6.86. The Balaban J connectivity index is 2.08. The van der Waals surface area contributed by atoms with Crippen LogP contribution in [0.5, 0.6) is 5.75 Å². The molecule has 3 aromatic rings. The molecular weight excluding hydrogens is 348 g/mol. The van der Waals surface area contributed by atoms with Crippen molar-refractivity contribution >= 4 is 17.3 Å². The molecular formula is C20H16N2O3S. The SMILES string of the molecule is CC(C)Oc1ccc(-c2nc(-c3ccccc3)c(C(=O)O)s2)cc1C#N. The number of hydrogen-bond donors (Lipinski definition) is 1. The van der Waals surface area contributed by atoms with Gasteiger partial charge >= 0.3 is 5.97 Å². The fraction of sp³-hybridized carbons (Fsp3) is 0.150. The average Bonchev–Trinajstić information content (AvgIpc) is 3.08. The lowest BCUT2D eigenvalue weighted by atomic mass is 10.1. The zero-order valence-corrected chi connectivity index (χ0v) is 15.1. The predicted molar refractivity (Wildman–Crippen MR) is 100 cm³/mol. The lowest BCUT2D eigenvalue weighted by Gasteiger charge is -2.11. The molecule has 0 fully saturated rings. The van der Waals surface area contributed by atoms with Gasteiger partial charge in [-0.1, -0.05) is 30.3 Å². The van der Waals surface area contributed by atoms with Gasteiger partial charge in [-0.15, -0.1) is 11.3 Å². The predicted octanol–water partition coefficient (Wildman–Crippen LogP) is 4.83. The molecule has 0 unspecified atom stereocenters. The van der Waals surface area contributed by atoms with Crippen molar-refractivity contribution in [3.8, 4) is 33.6 Å². The van der Waals surface area contributed by atoms with Crippen molar-refractivity contribution in [1.29, 1.82) is 5.26 Å². The monoisotopic (exact) mass is 364 g/mol. The van der Waals surface area contributed by atoms with Crippen LogP contribution in [0.4, 0.5) is 0 Å². The summed E-state index contributed by atoms with van der Waals surface area (Å²) < 4.78 is 5.63. The number of nitriles is 1. The smallest absolute Gasteiger partial charge is 0.348 e. The van der Waals surface area contributed by atoms with Crippen LogP contribution in [-0.2, 0) is 0 Å². The maximum absolute atomic E-state index is 11.6. The third-order valence-electron chi connectivity index (χ3n) is 3.58. The number of carboxylic acids is 1. The van der Waals surface area contributed by atoms with Crippen LogP contribution in [0.1, 0.15) is 29.1 Å². The van der Waals surface area contributed by atoms with E-state index >= 15 is 0 Å². The molecule has 1 heterocycles. The summed E-state index contributed by atoms with van der Waals surface area (Å²) in [5.74, 6) is -0.516. The molecule has 6 heteroatoms. The average molecular weight is 364 g/mol. The van der Waals surface area contributed by atoms with Crippen LogP contribution in [-0.4, -0.2) is 22.2 Å². The van der Waals surface area contributed by atoms with Crippen molar-refractivity contribution in [3.05, 3.63) is 59.0 Å². The van der Waals surface area contributed by atoms with Gasteiger partial charge in [-0.05, 0) is 32.0 Å². The first kappa shape index (κ1) is 17.6. The molecule has 0 amide bonds. The molecule has 0 bridgehead atoms. The third kappa shape index (κ3) is 3.58. The summed E-state index contributed by atoms with van der Waals surface area (Å²) in [4.78, 5) is 16.3. The minimum Gasteiger partial charge on any atom is -0.490 e. The first-order valence-electron chi connectivity index (χ1n) is 8.00. The summed E-state index contributed by atoms with van der Waals surface area (Å²) in [6, 6.07) is 16.5. The molecule has 0 aliphatic carbocycles. The van der Waals surface area contributed by atoms with E-state index < -0.39 is 5.97 Å². The first-order chi connectivity index (χ1) is 12.5. The highest BCUT2D eigenvalue weighted by molar-refractivity contribution is 7.17. The molecule has 130 valence electrons. The van der Waals surface area contributed by atoms with Crippen LogP contribution < -0.4 is 4.74 Å². The van der Waals surface area contributed by atoms with Gasteiger partial charge in [0.25, 0.3) is 0 Å². The van der Waals surface area contributed by atoms with Crippen molar-refractivity contribution in [1.82, 2.24) is 4.98 Å². The number of hydrogen-bond acceptors (Lipinski definition) is 5. The lowest BCUT2D eigenvalue weighted by Crippen LogP contribution is -2.06. The van der Waals surface area contributed by atoms with E-state index in [1.807, 2.05) is 44.2 Å². The number of ether oxygens (including phenoxy) is 1. The Morgan fingerprint density at radius 1 is 1.19 bits per heavy atom. The zero-order valence-electron chi connectivity index (χ0n) is 14.3. The fourth-order valence-electron chi connectivity index (χ4n) is 2.49. The van der Waals surface area contributed by atoms with Gasteiger partial charge in [-0.25, -0.2) is 9.78 Å². The third-order valence-corrected chi connectivity index (χ3v) is 4.67. The molecule has 5 nitrogen and oxygen atoms in total. The second kappa shape index (κ2) is 7.38. The molecule has 1 N–H and O–H groups in total. The van der Waals surface area contributed by atoms with Crippen molar-refractivity contribution in [3.63, 3.8) is 0 Å². The van der Waals surface area contributed by atoms with Crippen molar-refractivity contribution in [2.24, 2.45) is 0 Å². The van der Waals surface area contributed by atoms with Crippen LogP contribution in [0.2, 0.25) is 0 Å². The van der Waals surface area contributed by atoms with E-state index in [-0.39, 0.29) is 11.0 Å². The topological polar surface area (TPSA) is 83.2 Å². The quantitative estimate of drug-likeness (QED) is 0.701. The molecule has 26 heavy (non-hydrogen) atoms. The normalized spacial score (nSPS) is 10.5. The number of aromatic carboxylic acids is 1. The molecule has 1 aromatic heterocycles. The standard InChI is InChI=1S/C20H16N2O3S/c1-12(2)25-16-9-8-14(10-15(16)11-21)19-22-17(18(26-19)20(23)24)13-6-4-3-5-7-13/h3-10,12H,1-2H3,(H,23,24). The highest BCUT2D eigenvalue weighted by Gasteiger charge is 2.20. The van der Waals surface area contributed by atoms with Gasteiger partial charge in [-0.3, -0.25) is 0 Å². The van der Waals surface area contributed by atoms with Crippen LogP contribution in [0.3, 0.4) is 0 Å². The molecule has 3 rings (SSSR count). The summed E-state index contributed by atoms with van der Waals surface area (Å²) in [7, 11) is 0. The minimum atomic E-state index is -1.02. The van der Waals surface area contributed by atoms with Gasteiger partial charge in [0, 0.05) is 11.1 Å². The Labute approximate surface area is 155 Å². The summed E-state index contributed by atoms with van der Waals surface area (Å²) in [5, 5.41) is 19.5. The van der Waals surface area contributed by atoms with Gasteiger partial charge in [0.1, 0.15) is 21.7 Å². The molecule has 2 aromatic carbocycles. The Bertz CT molecular complexity index is 988. The van der Waals surface area contributed by atoms with Crippen molar-refractivity contribution < 1.29 is 14.6 Å². The van der Waals surface area contributed by atoms with E-state index in [4.69, 9.17) is 4.74 Å². The molecule has 0 saturated heterocycles. The van der Waals surface area contributed by atoms with E-state index in [9.17, 15) is 15.2 Å². The number of benzene rings is 2. The van der Waals surface area contributed by atoms with E-state index in [0.717, 1.165) is 16.9 Å². The Morgan fingerprint density at radius 3 is 2.54 bits per heavy atom. The summed E-state index contributed by atoms with van der Waals surface area (Å²) in [6.07, 6.45) is -0.0453. The largest absolute Gasteiger partial charge is 0.490 e. The molecule has 0 atom stereocenters. The molecule has 0 saturated carbocycles. The molecule has 0 aliphatic rings. The number of carboxylic acid groups (broad SMARTS) is 1. The highest BCUT2D eigenvalue weighted by Crippen LogP contribution is 2.35. The van der Waals surface area contributed by atoms with Crippen LogP contribution in [0, 0.1) is 11.3 Å². The van der Waals surface area contributed by atoms with E-state index in [2.05, 4.69) is 11.1 Å². The highest BCUT2D eigenvalue weighted by atomic mass is 32.1. The number of nitrogens with zero attached hydrogens (tertiary/aromatic N) is 2. The lowest BCUT2D eigenvalue weighted by molar-refractivity contribution is 0.0702. The Kier molecular flexibility index (Phi) is 5.01. The molecule has 0 aliphatic heterocycles. The van der Waals surface area contributed by atoms with Crippen molar-refractivity contribution in [2.75, 3.05) is 0 Å². The summed E-state index contributed by atoms with van der Waals surface area (Å²) in [5.41, 5.74) is 2.25. The van der Waals surface area contributed by atoms with Crippen molar-refractivity contribution in [2.45, 2.75) is 20.0 Å². The number of thiazole rings is 1. The van der Waals surface area contributed by atoms with Gasteiger partial charge in [0.2, 0.25) is 0 Å². The van der Waals surface area contributed by atoms with E-state index in [1.54, 1.807) is 18.2 Å². The fourth-order valence-corrected chi connectivity index (χ4v) is 3.41. The Morgan fingerprint density at radius 2 is 1.92 bits per heavy atom. The van der Waals surface area contributed by atoms with Crippen LogP contribution in [0.25, 0.3) is 21.8 Å². The number of carbonyl (C=O) groups is 1. The first-order valence-corrected chi connectivity index (χ1v) is 8.82. The van der Waals surface area contributed by atoms with E-state index in [0.29, 0.717) is 27.6 Å². The van der Waals surface area contributed by atoms with Gasteiger partial charge in [0.15, 0.2) is 0 Å². The number of rotatable bonds is 5. The Hall–Kier alpha value is -3.17. The summed E-state index contributed by atoms with van der Waals surface area (Å²) in [6.45, 7) is 3.78. The maximum Gasteiger partial charge on any atom is 0.348 e. The minimum absolute atomic E-state index is 0.0453. The number of aromatic nitrogens is 1. The van der Waals surface area contributed by atoms with E-state index in [1.165, 1.54) is 0 Å². The van der Waals surface area contributed by atoms with Crippen LogP contribution in [0.15, 0.2) is 48.5 Å². The summed E-state index contributed by atoms with van der Waals surface area (Å²) >= 11 is 1.09. The van der Waals surface area contributed by atoms with Gasteiger partial charge in [0.05, 0.1) is 17.4 Å². The maximum atomic E-state index is 11.6. The van der Waals surface area contributed by atoms with Crippen LogP contribution >= 0.6 is 11.3 Å². The zero-order chi connectivity index (χ0) is 18.7. The molecule has 0 radical (unpaired) electrons.